The van der Waals surface area contributed by atoms with Gasteiger partial charge in [-0.3, -0.25) is 14.4 Å². The topological polar surface area (TPSA) is 78.9 Å². The Kier molecular flexibility index (Phi) is 63.7. The summed E-state index contributed by atoms with van der Waals surface area (Å²) in [6, 6.07) is 0. The molecule has 0 aliphatic rings. The molecule has 0 heterocycles. The van der Waals surface area contributed by atoms with Crippen molar-refractivity contribution in [3.8, 4) is 0 Å². The summed E-state index contributed by atoms with van der Waals surface area (Å²) in [6.07, 6.45) is 86.2. The van der Waals surface area contributed by atoms with E-state index in [9.17, 15) is 14.4 Å². The van der Waals surface area contributed by atoms with Crippen molar-refractivity contribution in [3.63, 3.8) is 0 Å². The van der Waals surface area contributed by atoms with E-state index in [2.05, 4.69) is 93.7 Å². The van der Waals surface area contributed by atoms with E-state index in [4.69, 9.17) is 14.2 Å². The minimum absolute atomic E-state index is 0.0769. The third-order valence-electron chi connectivity index (χ3n) is 14.9. The Hall–Kier alpha value is -3.15. The van der Waals surface area contributed by atoms with E-state index in [1.165, 1.54) is 212 Å². The van der Waals surface area contributed by atoms with Crippen molar-refractivity contribution in [2.45, 2.75) is 354 Å². The molecule has 1 unspecified atom stereocenters. The Morgan fingerprint density at radius 2 is 0.500 bits per heavy atom. The average molecular weight is 1090 g/mol. The summed E-state index contributed by atoms with van der Waals surface area (Å²) in [5, 5.41) is 0. The Bertz CT molecular complexity index is 1440. The highest BCUT2D eigenvalue weighted by Gasteiger charge is 2.19. The van der Waals surface area contributed by atoms with Gasteiger partial charge in [-0.05, 0) is 89.9 Å². The lowest BCUT2D eigenvalue weighted by molar-refractivity contribution is -0.167. The highest BCUT2D eigenvalue weighted by atomic mass is 16.6. The quantitative estimate of drug-likeness (QED) is 0.0261. The fraction of sp³-hybridized carbons (Fsp3) is 0.792. The van der Waals surface area contributed by atoms with Gasteiger partial charge in [-0.15, -0.1) is 0 Å². The van der Waals surface area contributed by atoms with Crippen LogP contribution in [0.4, 0.5) is 0 Å². The largest absolute Gasteiger partial charge is 0.462 e. The molecule has 0 bridgehead atoms. The van der Waals surface area contributed by atoms with Gasteiger partial charge in [-0.1, -0.05) is 312 Å². The van der Waals surface area contributed by atoms with E-state index in [1.807, 2.05) is 0 Å². The molecule has 78 heavy (non-hydrogen) atoms. The summed E-state index contributed by atoms with van der Waals surface area (Å²) in [5.41, 5.74) is 0. The lowest BCUT2D eigenvalue weighted by Gasteiger charge is -2.18. The molecule has 0 saturated heterocycles. The van der Waals surface area contributed by atoms with Crippen LogP contribution in [0.5, 0.6) is 0 Å². The molecule has 0 spiro atoms. The van der Waals surface area contributed by atoms with Crippen molar-refractivity contribution in [2.24, 2.45) is 0 Å². The van der Waals surface area contributed by atoms with Gasteiger partial charge in [0.25, 0.3) is 0 Å². The summed E-state index contributed by atoms with van der Waals surface area (Å²) in [7, 11) is 0. The molecule has 452 valence electrons. The molecule has 0 radical (unpaired) electrons. The van der Waals surface area contributed by atoms with E-state index in [1.54, 1.807) is 0 Å². The van der Waals surface area contributed by atoms with Gasteiger partial charge in [0.2, 0.25) is 0 Å². The van der Waals surface area contributed by atoms with E-state index in [-0.39, 0.29) is 31.1 Å². The molecule has 0 aromatic carbocycles. The van der Waals surface area contributed by atoms with Gasteiger partial charge in [0.05, 0.1) is 0 Å². The predicted molar refractivity (Wildman–Crippen MR) is 339 cm³/mol. The van der Waals surface area contributed by atoms with Crippen LogP contribution in [0.15, 0.2) is 72.9 Å². The number of allylic oxidation sites excluding steroid dienone is 12. The van der Waals surface area contributed by atoms with E-state index < -0.39 is 6.10 Å². The lowest BCUT2D eigenvalue weighted by Crippen LogP contribution is -2.30. The van der Waals surface area contributed by atoms with Crippen LogP contribution in [0, 0.1) is 0 Å². The maximum Gasteiger partial charge on any atom is 0.306 e. The van der Waals surface area contributed by atoms with Gasteiger partial charge in [0.15, 0.2) is 6.10 Å². The Morgan fingerprint density at radius 3 is 0.795 bits per heavy atom. The first-order valence-corrected chi connectivity index (χ1v) is 33.9. The number of hydrogen-bond acceptors (Lipinski definition) is 6. The molecule has 0 N–H and O–H groups in total. The number of esters is 3. The molecule has 0 aromatic rings. The normalized spacial score (nSPS) is 12.5. The minimum atomic E-state index is -0.780. The van der Waals surface area contributed by atoms with Crippen molar-refractivity contribution >= 4 is 17.9 Å². The number of rotatable bonds is 62. The van der Waals surface area contributed by atoms with Crippen LogP contribution in [0.3, 0.4) is 0 Å². The molecule has 0 saturated carbocycles. The monoisotopic (exact) mass is 1090 g/mol. The molecule has 0 aliphatic carbocycles. The van der Waals surface area contributed by atoms with Crippen molar-refractivity contribution in [1.82, 2.24) is 0 Å². The standard InChI is InChI=1S/C72H128O6/c1-4-7-10-13-16-19-22-25-28-31-34-35-36-37-39-41-44-47-50-53-56-59-62-65-71(74)77-68-69(67-76-70(73)64-61-58-55-52-49-46-43-40-33-30-27-24-21-18-15-12-9-6-3)78-72(75)66-63-60-57-54-51-48-45-42-38-32-29-26-23-20-17-14-11-8-5-2/h7,10,16,19,21,24-25,28,30,33-35,69H,4-6,8-9,11-15,17-18,20,22-23,26-27,29,31-32,36-68H2,1-3H3/b10-7-,19-16-,24-21-,28-25-,33-30-,35-34-. The molecular weight excluding hydrogens is 961 g/mol. The van der Waals surface area contributed by atoms with Gasteiger partial charge in [-0.25, -0.2) is 0 Å². The van der Waals surface area contributed by atoms with Crippen LogP contribution in [0.1, 0.15) is 348 Å². The number of unbranched alkanes of at least 4 members (excludes halogenated alkanes) is 39. The summed E-state index contributed by atoms with van der Waals surface area (Å²) < 4.78 is 17.0. The zero-order valence-corrected chi connectivity index (χ0v) is 51.9. The predicted octanol–water partition coefficient (Wildman–Crippen LogP) is 23.3. The third kappa shape index (κ3) is 63.7. The second-order valence-electron chi connectivity index (χ2n) is 22.7. The lowest BCUT2D eigenvalue weighted by atomic mass is 10.0. The zero-order valence-electron chi connectivity index (χ0n) is 51.9. The molecule has 0 amide bonds. The molecular formula is C72H128O6. The second-order valence-corrected chi connectivity index (χ2v) is 22.7. The maximum absolute atomic E-state index is 12.9. The number of ether oxygens (including phenoxy) is 3. The first-order valence-electron chi connectivity index (χ1n) is 33.9. The Morgan fingerprint density at radius 1 is 0.269 bits per heavy atom. The van der Waals surface area contributed by atoms with E-state index >= 15 is 0 Å². The molecule has 0 fully saturated rings. The highest BCUT2D eigenvalue weighted by molar-refractivity contribution is 5.71. The summed E-state index contributed by atoms with van der Waals surface area (Å²) in [4.78, 5) is 38.4. The van der Waals surface area contributed by atoms with Crippen LogP contribution in [0.2, 0.25) is 0 Å². The highest BCUT2D eigenvalue weighted by Crippen LogP contribution is 2.17. The molecule has 6 heteroatoms. The molecule has 0 aromatic heterocycles. The van der Waals surface area contributed by atoms with Gasteiger partial charge in [-0.2, -0.15) is 0 Å². The number of carbonyl (C=O) groups excluding carboxylic acids is 3. The van der Waals surface area contributed by atoms with Crippen LogP contribution in [-0.4, -0.2) is 37.2 Å². The molecule has 0 rings (SSSR count). The molecule has 6 nitrogen and oxygen atoms in total. The first kappa shape index (κ1) is 74.8. The van der Waals surface area contributed by atoms with Gasteiger partial charge in [0.1, 0.15) is 13.2 Å². The van der Waals surface area contributed by atoms with Crippen molar-refractivity contribution in [2.75, 3.05) is 13.2 Å². The third-order valence-corrected chi connectivity index (χ3v) is 14.9. The summed E-state index contributed by atoms with van der Waals surface area (Å²) in [5.74, 6) is -0.867. The van der Waals surface area contributed by atoms with Crippen molar-refractivity contribution in [1.29, 1.82) is 0 Å². The SMILES string of the molecule is CC/C=C\C/C=C\C/C=C\C/C=C\CCCCCCCCCCCCC(=O)OCC(COC(=O)CCCCCCCCC/C=C\C/C=C\CCCCCC)OC(=O)CCCCCCCCCCCCCCCCCCCCC. The Balaban J connectivity index is 4.35. The van der Waals surface area contributed by atoms with E-state index in [0.717, 1.165) is 96.3 Å². The van der Waals surface area contributed by atoms with Crippen LogP contribution in [-0.2, 0) is 28.6 Å². The van der Waals surface area contributed by atoms with Crippen LogP contribution < -0.4 is 0 Å². The smallest absolute Gasteiger partial charge is 0.306 e. The molecule has 1 atom stereocenters. The maximum atomic E-state index is 12.9. The summed E-state index contributed by atoms with van der Waals surface area (Å²) >= 11 is 0. The van der Waals surface area contributed by atoms with Crippen LogP contribution in [0.25, 0.3) is 0 Å². The van der Waals surface area contributed by atoms with Crippen molar-refractivity contribution in [3.05, 3.63) is 72.9 Å². The van der Waals surface area contributed by atoms with Gasteiger partial charge >= 0.3 is 17.9 Å². The minimum Gasteiger partial charge on any atom is -0.462 e. The first-order chi connectivity index (χ1) is 38.5. The zero-order chi connectivity index (χ0) is 56.4. The van der Waals surface area contributed by atoms with E-state index in [0.29, 0.717) is 19.3 Å². The number of carbonyl (C=O) groups is 3. The fourth-order valence-corrected chi connectivity index (χ4v) is 9.88. The van der Waals surface area contributed by atoms with Gasteiger partial charge in [0, 0.05) is 19.3 Å². The average Bonchev–Trinajstić information content (AvgIpc) is 3.44. The molecule has 0 aliphatic heterocycles. The second kappa shape index (κ2) is 66.4. The van der Waals surface area contributed by atoms with Gasteiger partial charge < -0.3 is 14.2 Å². The Labute approximate surface area is 484 Å². The summed E-state index contributed by atoms with van der Waals surface area (Å²) in [6.45, 7) is 6.56. The van der Waals surface area contributed by atoms with Crippen molar-refractivity contribution < 1.29 is 28.6 Å². The van der Waals surface area contributed by atoms with Crippen LogP contribution >= 0.6 is 0 Å². The fourth-order valence-electron chi connectivity index (χ4n) is 9.88. The number of hydrogen-bond donors (Lipinski definition) is 0.